The molecule has 1 heterocycles. The van der Waals surface area contributed by atoms with Crippen LogP contribution in [-0.2, 0) is 9.53 Å². The third-order valence-corrected chi connectivity index (χ3v) is 3.48. The van der Waals surface area contributed by atoms with Crippen LogP contribution in [0.2, 0.25) is 0 Å². The van der Waals surface area contributed by atoms with E-state index < -0.39 is 0 Å². The number of nitrogens with one attached hydrogen (secondary N) is 1. The molecule has 1 N–H and O–H groups in total. The molecule has 0 aromatic rings. The average molecular weight is 246 g/mol. The van der Waals surface area contributed by atoms with Gasteiger partial charge in [-0.15, -0.1) is 0 Å². The van der Waals surface area contributed by atoms with E-state index in [1.165, 1.54) is 0 Å². The van der Waals surface area contributed by atoms with Crippen molar-refractivity contribution in [1.82, 2.24) is 10.2 Å². The maximum Gasteiger partial charge on any atom is 0.239 e. The van der Waals surface area contributed by atoms with Crippen molar-refractivity contribution < 1.29 is 9.53 Å². The molecule has 1 saturated heterocycles. The molecule has 94 valence electrons. The van der Waals surface area contributed by atoms with Crippen LogP contribution in [0.15, 0.2) is 0 Å². The lowest BCUT2D eigenvalue weighted by atomic mass is 10.2. The maximum atomic E-state index is 12.0. The Morgan fingerprint density at radius 1 is 1.44 bits per heavy atom. The van der Waals surface area contributed by atoms with E-state index in [1.807, 2.05) is 11.8 Å². The fraction of sp³-hybridized carbons (Fsp3) is 0.909. The van der Waals surface area contributed by atoms with Crippen LogP contribution in [0, 0.1) is 0 Å². The topological polar surface area (TPSA) is 41.6 Å². The summed E-state index contributed by atoms with van der Waals surface area (Å²) in [7, 11) is 0. The van der Waals surface area contributed by atoms with Gasteiger partial charge in [0.25, 0.3) is 0 Å². The molecule has 0 aromatic carbocycles. The van der Waals surface area contributed by atoms with E-state index in [0.29, 0.717) is 19.3 Å². The van der Waals surface area contributed by atoms with Gasteiger partial charge in [-0.2, -0.15) is 11.8 Å². The molecule has 2 atom stereocenters. The standard InChI is InChI=1S/C11H22N2O2S/c1-9(8-16-3)12-10(2)11(14)13-4-6-15-7-5-13/h9-10,12H,4-8H2,1-3H3. The SMILES string of the molecule is CSCC(C)NC(C)C(=O)N1CCOCC1. The van der Waals surface area contributed by atoms with Crippen molar-refractivity contribution in [3.8, 4) is 0 Å². The van der Waals surface area contributed by atoms with Gasteiger partial charge >= 0.3 is 0 Å². The second-order valence-corrected chi connectivity index (χ2v) is 5.09. The summed E-state index contributed by atoms with van der Waals surface area (Å²) in [5.74, 6) is 1.22. The summed E-state index contributed by atoms with van der Waals surface area (Å²) in [6.07, 6.45) is 2.08. The Kier molecular flexibility index (Phi) is 6.16. The van der Waals surface area contributed by atoms with E-state index in [-0.39, 0.29) is 11.9 Å². The Labute approximate surface area is 102 Å². The predicted molar refractivity (Wildman–Crippen MR) is 67.8 cm³/mol. The van der Waals surface area contributed by atoms with Gasteiger partial charge in [0.15, 0.2) is 0 Å². The second-order valence-electron chi connectivity index (χ2n) is 4.18. The van der Waals surface area contributed by atoms with Gasteiger partial charge in [0.2, 0.25) is 5.91 Å². The van der Waals surface area contributed by atoms with Gasteiger partial charge in [-0.25, -0.2) is 0 Å². The first-order chi connectivity index (χ1) is 7.65. The van der Waals surface area contributed by atoms with Gasteiger partial charge in [0, 0.05) is 24.9 Å². The lowest BCUT2D eigenvalue weighted by Gasteiger charge is -2.30. The molecule has 5 heteroatoms. The zero-order chi connectivity index (χ0) is 12.0. The molecule has 1 aliphatic heterocycles. The first-order valence-corrected chi connectivity index (χ1v) is 7.16. The zero-order valence-corrected chi connectivity index (χ0v) is 11.2. The predicted octanol–water partition coefficient (Wildman–Crippen LogP) is 0.575. The Balaban J connectivity index is 2.34. The van der Waals surface area contributed by atoms with Gasteiger partial charge in [-0.3, -0.25) is 4.79 Å². The molecular formula is C11H22N2O2S. The van der Waals surface area contributed by atoms with Crippen LogP contribution < -0.4 is 5.32 Å². The lowest BCUT2D eigenvalue weighted by Crippen LogP contribution is -2.51. The van der Waals surface area contributed by atoms with Crippen molar-refractivity contribution in [3.63, 3.8) is 0 Å². The van der Waals surface area contributed by atoms with E-state index in [9.17, 15) is 4.79 Å². The largest absolute Gasteiger partial charge is 0.378 e. The number of thioether (sulfide) groups is 1. The molecule has 0 radical (unpaired) electrons. The molecule has 4 nitrogen and oxygen atoms in total. The molecule has 0 aliphatic carbocycles. The van der Waals surface area contributed by atoms with Crippen molar-refractivity contribution in [2.24, 2.45) is 0 Å². The number of carbonyl (C=O) groups excluding carboxylic acids is 1. The van der Waals surface area contributed by atoms with E-state index >= 15 is 0 Å². The minimum absolute atomic E-state index is 0.0970. The van der Waals surface area contributed by atoms with Gasteiger partial charge < -0.3 is 15.0 Å². The summed E-state index contributed by atoms with van der Waals surface area (Å²) in [5.41, 5.74) is 0. The van der Waals surface area contributed by atoms with Crippen molar-refractivity contribution >= 4 is 17.7 Å². The summed E-state index contributed by atoms with van der Waals surface area (Å²) in [5, 5.41) is 3.32. The van der Waals surface area contributed by atoms with Crippen molar-refractivity contribution in [1.29, 1.82) is 0 Å². The number of morpholine rings is 1. The highest BCUT2D eigenvalue weighted by Crippen LogP contribution is 2.03. The van der Waals surface area contributed by atoms with Crippen LogP contribution in [0.3, 0.4) is 0 Å². The lowest BCUT2D eigenvalue weighted by molar-refractivity contribution is -0.137. The summed E-state index contributed by atoms with van der Waals surface area (Å²) < 4.78 is 5.23. The second kappa shape index (κ2) is 7.14. The first kappa shape index (κ1) is 13.8. The van der Waals surface area contributed by atoms with Crippen LogP contribution in [-0.4, -0.2) is 61.2 Å². The molecule has 1 amide bonds. The van der Waals surface area contributed by atoms with E-state index in [4.69, 9.17) is 4.74 Å². The van der Waals surface area contributed by atoms with Gasteiger partial charge in [0.05, 0.1) is 19.3 Å². The highest BCUT2D eigenvalue weighted by molar-refractivity contribution is 7.98. The fourth-order valence-corrected chi connectivity index (χ4v) is 2.45. The van der Waals surface area contributed by atoms with E-state index in [0.717, 1.165) is 18.8 Å². The van der Waals surface area contributed by atoms with Gasteiger partial charge in [-0.05, 0) is 20.1 Å². The summed E-state index contributed by atoms with van der Waals surface area (Å²) >= 11 is 1.79. The Hall–Kier alpha value is -0.260. The summed E-state index contributed by atoms with van der Waals surface area (Å²) in [6.45, 7) is 6.83. The van der Waals surface area contributed by atoms with Crippen LogP contribution in [0.1, 0.15) is 13.8 Å². The number of hydrogen-bond donors (Lipinski definition) is 1. The van der Waals surface area contributed by atoms with Crippen LogP contribution in [0.25, 0.3) is 0 Å². The minimum atomic E-state index is -0.0970. The third-order valence-electron chi connectivity index (χ3n) is 2.64. The Morgan fingerprint density at radius 2 is 2.06 bits per heavy atom. The van der Waals surface area contributed by atoms with E-state index in [2.05, 4.69) is 18.5 Å². The normalized spacial score (nSPS) is 20.6. The Bertz CT molecular complexity index is 220. The number of ether oxygens (including phenoxy) is 1. The fourth-order valence-electron chi connectivity index (χ4n) is 1.85. The van der Waals surface area contributed by atoms with Crippen LogP contribution in [0.4, 0.5) is 0 Å². The third kappa shape index (κ3) is 4.31. The van der Waals surface area contributed by atoms with Crippen LogP contribution >= 0.6 is 11.8 Å². The molecule has 1 fully saturated rings. The van der Waals surface area contributed by atoms with Crippen LogP contribution in [0.5, 0.6) is 0 Å². The minimum Gasteiger partial charge on any atom is -0.378 e. The summed E-state index contributed by atoms with van der Waals surface area (Å²) in [6, 6.07) is 0.273. The number of nitrogens with zero attached hydrogens (tertiary/aromatic N) is 1. The molecule has 0 saturated carbocycles. The first-order valence-electron chi connectivity index (χ1n) is 5.76. The summed E-state index contributed by atoms with van der Waals surface area (Å²) in [4.78, 5) is 13.9. The van der Waals surface area contributed by atoms with E-state index in [1.54, 1.807) is 11.8 Å². The van der Waals surface area contributed by atoms with Crippen molar-refractivity contribution in [2.45, 2.75) is 25.9 Å². The number of hydrogen-bond acceptors (Lipinski definition) is 4. The molecule has 0 aromatic heterocycles. The van der Waals surface area contributed by atoms with Crippen molar-refractivity contribution in [2.75, 3.05) is 38.3 Å². The number of rotatable bonds is 5. The average Bonchev–Trinajstić information content (AvgIpc) is 2.29. The quantitative estimate of drug-likeness (QED) is 0.770. The van der Waals surface area contributed by atoms with Gasteiger partial charge in [-0.1, -0.05) is 0 Å². The highest BCUT2D eigenvalue weighted by Gasteiger charge is 2.22. The number of carbonyl (C=O) groups is 1. The zero-order valence-electron chi connectivity index (χ0n) is 10.4. The smallest absolute Gasteiger partial charge is 0.239 e. The maximum absolute atomic E-state index is 12.0. The molecular weight excluding hydrogens is 224 g/mol. The molecule has 0 bridgehead atoms. The molecule has 0 spiro atoms. The monoisotopic (exact) mass is 246 g/mol. The van der Waals surface area contributed by atoms with Crippen molar-refractivity contribution in [3.05, 3.63) is 0 Å². The molecule has 16 heavy (non-hydrogen) atoms. The molecule has 2 unspecified atom stereocenters. The van der Waals surface area contributed by atoms with Gasteiger partial charge in [0.1, 0.15) is 0 Å². The molecule has 1 aliphatic rings. The highest BCUT2D eigenvalue weighted by atomic mass is 32.2. The molecule has 1 rings (SSSR count). The Morgan fingerprint density at radius 3 is 2.62 bits per heavy atom. The number of amides is 1.